The number of benzene rings is 1. The molecular weight excluding hydrogens is 238 g/mol. The van der Waals surface area contributed by atoms with Crippen LogP contribution in [0.1, 0.15) is 45.2 Å². The highest BCUT2D eigenvalue weighted by atomic mass is 16.5. The van der Waals surface area contributed by atoms with E-state index in [1.165, 1.54) is 5.56 Å². The first-order valence-electron chi connectivity index (χ1n) is 7.16. The summed E-state index contributed by atoms with van der Waals surface area (Å²) in [6.07, 6.45) is 2.34. The molecule has 0 aliphatic heterocycles. The molecule has 2 unspecified atom stereocenters. The monoisotopic (exact) mass is 265 g/mol. The van der Waals surface area contributed by atoms with Crippen molar-refractivity contribution >= 4 is 0 Å². The summed E-state index contributed by atoms with van der Waals surface area (Å²) in [4.78, 5) is 0. The van der Waals surface area contributed by atoms with Crippen LogP contribution in [0.5, 0.6) is 5.75 Å². The minimum absolute atomic E-state index is 0.274. The van der Waals surface area contributed by atoms with Crippen molar-refractivity contribution < 1.29 is 9.47 Å². The highest BCUT2D eigenvalue weighted by molar-refractivity contribution is 5.29. The van der Waals surface area contributed by atoms with Gasteiger partial charge in [-0.3, -0.25) is 0 Å². The second-order valence-corrected chi connectivity index (χ2v) is 4.93. The van der Waals surface area contributed by atoms with Crippen molar-refractivity contribution in [2.75, 3.05) is 20.3 Å². The van der Waals surface area contributed by atoms with Gasteiger partial charge >= 0.3 is 0 Å². The van der Waals surface area contributed by atoms with E-state index in [9.17, 15) is 0 Å². The van der Waals surface area contributed by atoms with Crippen molar-refractivity contribution in [3.05, 3.63) is 29.8 Å². The standard InChI is InChI=1S/C16H27NO2/c1-5-13(2)19-16-9-7-15(8-10-16)14(3)17-11-6-12-18-4/h7-10,13-14,17H,5-6,11-12H2,1-4H3. The zero-order chi connectivity index (χ0) is 14.1. The summed E-state index contributed by atoms with van der Waals surface area (Å²) in [5, 5.41) is 3.48. The van der Waals surface area contributed by atoms with Gasteiger partial charge < -0.3 is 14.8 Å². The molecule has 3 nitrogen and oxygen atoms in total. The zero-order valence-electron chi connectivity index (χ0n) is 12.6. The van der Waals surface area contributed by atoms with Crippen molar-refractivity contribution in [2.45, 2.75) is 45.8 Å². The number of nitrogens with one attached hydrogen (secondary N) is 1. The maximum atomic E-state index is 5.77. The highest BCUT2D eigenvalue weighted by Crippen LogP contribution is 2.19. The molecular formula is C16H27NO2. The Bertz CT molecular complexity index is 337. The molecule has 2 atom stereocenters. The molecule has 108 valence electrons. The van der Waals surface area contributed by atoms with Gasteiger partial charge in [-0.15, -0.1) is 0 Å². The highest BCUT2D eigenvalue weighted by Gasteiger charge is 2.05. The van der Waals surface area contributed by atoms with E-state index >= 15 is 0 Å². The fourth-order valence-corrected chi connectivity index (χ4v) is 1.80. The van der Waals surface area contributed by atoms with E-state index in [2.05, 4.69) is 50.4 Å². The van der Waals surface area contributed by atoms with Crippen LogP contribution in [0.3, 0.4) is 0 Å². The summed E-state index contributed by atoms with van der Waals surface area (Å²) < 4.78 is 10.8. The summed E-state index contributed by atoms with van der Waals surface area (Å²) in [6.45, 7) is 8.18. The number of methoxy groups -OCH3 is 1. The third kappa shape index (κ3) is 6.08. The van der Waals surface area contributed by atoms with Gasteiger partial charge in [-0.2, -0.15) is 0 Å². The average molecular weight is 265 g/mol. The van der Waals surface area contributed by atoms with Crippen molar-refractivity contribution in [1.82, 2.24) is 5.32 Å². The molecule has 0 aliphatic rings. The third-order valence-corrected chi connectivity index (χ3v) is 3.27. The lowest BCUT2D eigenvalue weighted by Gasteiger charge is -2.16. The Morgan fingerprint density at radius 1 is 1.16 bits per heavy atom. The molecule has 0 saturated heterocycles. The lowest BCUT2D eigenvalue weighted by atomic mass is 10.1. The fourth-order valence-electron chi connectivity index (χ4n) is 1.80. The molecule has 1 rings (SSSR count). The first-order chi connectivity index (χ1) is 9.17. The molecule has 1 aromatic carbocycles. The summed E-state index contributed by atoms with van der Waals surface area (Å²) in [5.74, 6) is 0.949. The van der Waals surface area contributed by atoms with Crippen LogP contribution < -0.4 is 10.1 Å². The summed E-state index contributed by atoms with van der Waals surface area (Å²) in [7, 11) is 1.74. The summed E-state index contributed by atoms with van der Waals surface area (Å²) in [5.41, 5.74) is 1.29. The van der Waals surface area contributed by atoms with Crippen molar-refractivity contribution in [3.8, 4) is 5.75 Å². The van der Waals surface area contributed by atoms with E-state index in [-0.39, 0.29) is 6.10 Å². The first kappa shape index (κ1) is 16.0. The Morgan fingerprint density at radius 3 is 2.42 bits per heavy atom. The van der Waals surface area contributed by atoms with Gasteiger partial charge in [0, 0.05) is 19.8 Å². The number of hydrogen-bond donors (Lipinski definition) is 1. The van der Waals surface area contributed by atoms with Gasteiger partial charge in [0.2, 0.25) is 0 Å². The SMILES string of the molecule is CCC(C)Oc1ccc(C(C)NCCCOC)cc1. The largest absolute Gasteiger partial charge is 0.491 e. The van der Waals surface area contributed by atoms with Crippen LogP contribution in [0.25, 0.3) is 0 Å². The van der Waals surface area contributed by atoms with E-state index in [0.29, 0.717) is 6.04 Å². The van der Waals surface area contributed by atoms with E-state index in [1.54, 1.807) is 7.11 Å². The topological polar surface area (TPSA) is 30.5 Å². The Labute approximate surface area is 117 Å². The van der Waals surface area contributed by atoms with Crippen LogP contribution in [0.15, 0.2) is 24.3 Å². The second-order valence-electron chi connectivity index (χ2n) is 4.93. The molecule has 0 saturated carbocycles. The lowest BCUT2D eigenvalue weighted by Crippen LogP contribution is -2.20. The van der Waals surface area contributed by atoms with Gasteiger partial charge in [0.1, 0.15) is 5.75 Å². The maximum Gasteiger partial charge on any atom is 0.119 e. The number of rotatable bonds is 9. The van der Waals surface area contributed by atoms with Crippen LogP contribution in [-0.4, -0.2) is 26.4 Å². The molecule has 19 heavy (non-hydrogen) atoms. The van der Waals surface area contributed by atoms with Crippen molar-refractivity contribution in [3.63, 3.8) is 0 Å². The summed E-state index contributed by atoms with van der Waals surface area (Å²) in [6, 6.07) is 8.72. The molecule has 0 bridgehead atoms. The Morgan fingerprint density at radius 2 is 1.84 bits per heavy atom. The predicted octanol–water partition coefficient (Wildman–Crippen LogP) is 3.55. The molecule has 0 amide bonds. The van der Waals surface area contributed by atoms with E-state index in [4.69, 9.17) is 9.47 Å². The molecule has 3 heteroatoms. The van der Waals surface area contributed by atoms with E-state index in [0.717, 1.165) is 31.7 Å². The molecule has 0 fully saturated rings. The number of ether oxygens (including phenoxy) is 2. The van der Waals surface area contributed by atoms with Gasteiger partial charge in [-0.25, -0.2) is 0 Å². The van der Waals surface area contributed by atoms with E-state index < -0.39 is 0 Å². The molecule has 0 heterocycles. The zero-order valence-corrected chi connectivity index (χ0v) is 12.6. The number of hydrogen-bond acceptors (Lipinski definition) is 3. The van der Waals surface area contributed by atoms with Gasteiger partial charge in [0.05, 0.1) is 6.10 Å². The van der Waals surface area contributed by atoms with Crippen LogP contribution in [0.4, 0.5) is 0 Å². The second kappa shape index (κ2) is 8.94. The predicted molar refractivity (Wildman–Crippen MR) is 79.7 cm³/mol. The summed E-state index contributed by atoms with van der Waals surface area (Å²) >= 11 is 0. The van der Waals surface area contributed by atoms with Crippen molar-refractivity contribution in [2.24, 2.45) is 0 Å². The van der Waals surface area contributed by atoms with Crippen LogP contribution in [0.2, 0.25) is 0 Å². The van der Waals surface area contributed by atoms with Crippen LogP contribution >= 0.6 is 0 Å². The van der Waals surface area contributed by atoms with Crippen molar-refractivity contribution in [1.29, 1.82) is 0 Å². The van der Waals surface area contributed by atoms with E-state index in [1.807, 2.05) is 0 Å². The van der Waals surface area contributed by atoms with Crippen LogP contribution in [-0.2, 0) is 4.74 Å². The normalized spacial score (nSPS) is 14.1. The molecule has 0 spiro atoms. The molecule has 0 radical (unpaired) electrons. The molecule has 1 N–H and O–H groups in total. The van der Waals surface area contributed by atoms with Crippen LogP contribution in [0, 0.1) is 0 Å². The molecule has 0 aliphatic carbocycles. The fraction of sp³-hybridized carbons (Fsp3) is 0.625. The minimum atomic E-state index is 0.274. The van der Waals surface area contributed by atoms with Gasteiger partial charge in [0.25, 0.3) is 0 Å². The molecule has 1 aromatic rings. The Hall–Kier alpha value is -1.06. The average Bonchev–Trinajstić information content (AvgIpc) is 2.44. The lowest BCUT2D eigenvalue weighted by molar-refractivity contribution is 0.193. The van der Waals surface area contributed by atoms with Gasteiger partial charge in [0.15, 0.2) is 0 Å². The first-order valence-corrected chi connectivity index (χ1v) is 7.16. The maximum absolute atomic E-state index is 5.77. The quantitative estimate of drug-likeness (QED) is 0.693. The third-order valence-electron chi connectivity index (χ3n) is 3.27. The molecule has 0 aromatic heterocycles. The Kier molecular flexibility index (Phi) is 7.53. The van der Waals surface area contributed by atoms with Gasteiger partial charge in [-0.1, -0.05) is 19.1 Å². The smallest absolute Gasteiger partial charge is 0.119 e. The minimum Gasteiger partial charge on any atom is -0.491 e. The Balaban J connectivity index is 2.41. The van der Waals surface area contributed by atoms with Gasteiger partial charge in [-0.05, 0) is 50.9 Å².